The van der Waals surface area contributed by atoms with E-state index in [1.165, 1.54) is 7.11 Å². The van der Waals surface area contributed by atoms with Crippen molar-refractivity contribution in [3.05, 3.63) is 0 Å². The second kappa shape index (κ2) is 4.39. The van der Waals surface area contributed by atoms with Gasteiger partial charge in [-0.15, -0.1) is 0 Å². The summed E-state index contributed by atoms with van der Waals surface area (Å²) in [6.45, 7) is 3.40. The maximum Gasteiger partial charge on any atom is 0.159 e. The first-order valence-electron chi connectivity index (χ1n) is 3.15. The molecule has 0 aromatic heterocycles. The van der Waals surface area contributed by atoms with Gasteiger partial charge < -0.3 is 4.74 Å². The maximum absolute atomic E-state index is 10.7. The van der Waals surface area contributed by atoms with Gasteiger partial charge in [-0.25, -0.2) is 0 Å². The zero-order chi connectivity index (χ0) is 8.15. The molecule has 0 aliphatic carbocycles. The summed E-state index contributed by atoms with van der Waals surface area (Å²) in [5.41, 5.74) is 0. The maximum atomic E-state index is 10.7. The molecule has 1 atom stereocenters. The van der Waals surface area contributed by atoms with Crippen molar-refractivity contribution in [2.45, 2.75) is 20.3 Å². The molecule has 0 bridgehead atoms. The van der Waals surface area contributed by atoms with E-state index in [1.807, 2.05) is 6.92 Å². The Bertz CT molecular complexity index is 143. The molecule has 10 heavy (non-hydrogen) atoms. The van der Waals surface area contributed by atoms with Crippen LogP contribution in [0, 0.1) is 5.92 Å². The van der Waals surface area contributed by atoms with Gasteiger partial charge in [-0.3, -0.25) is 4.79 Å². The highest BCUT2D eigenvalue weighted by Gasteiger charge is 2.09. The van der Waals surface area contributed by atoms with Crippen molar-refractivity contribution in [3.63, 3.8) is 0 Å². The number of ketones is 1. The third-order valence-corrected chi connectivity index (χ3v) is 1.73. The fraction of sp³-hybridized carbons (Fsp3) is 0.714. The van der Waals surface area contributed by atoms with Gasteiger partial charge in [0.25, 0.3) is 0 Å². The normalized spacial score (nSPS) is 12.3. The first-order chi connectivity index (χ1) is 4.57. The standard InChI is InChI=1S/C7H12O2S/c1-5(6(2)8)4-7(10)9-3/h5H,4H2,1-3H3/t5-/m1/s1. The molecular formula is C7H12O2S. The van der Waals surface area contributed by atoms with Crippen molar-refractivity contribution in [3.8, 4) is 0 Å². The molecule has 3 heteroatoms. The zero-order valence-electron chi connectivity index (χ0n) is 6.51. The SMILES string of the molecule is COC(=S)C[C@@H](C)C(C)=O. The predicted molar refractivity (Wildman–Crippen MR) is 44.1 cm³/mol. The third kappa shape index (κ3) is 3.56. The van der Waals surface area contributed by atoms with E-state index >= 15 is 0 Å². The number of methoxy groups -OCH3 is 1. The molecule has 0 aliphatic heterocycles. The molecule has 0 N–H and O–H groups in total. The van der Waals surface area contributed by atoms with Crippen molar-refractivity contribution in [1.82, 2.24) is 0 Å². The zero-order valence-corrected chi connectivity index (χ0v) is 7.33. The Morgan fingerprint density at radius 1 is 1.70 bits per heavy atom. The fourth-order valence-electron chi connectivity index (χ4n) is 0.477. The molecule has 0 spiro atoms. The van der Waals surface area contributed by atoms with Crippen LogP contribution in [0.25, 0.3) is 0 Å². The van der Waals surface area contributed by atoms with Crippen molar-refractivity contribution in [1.29, 1.82) is 0 Å². The minimum Gasteiger partial charge on any atom is -0.490 e. The van der Waals surface area contributed by atoms with Gasteiger partial charge in [0.1, 0.15) is 5.78 Å². The first-order valence-corrected chi connectivity index (χ1v) is 3.56. The number of hydrogen-bond donors (Lipinski definition) is 0. The number of carbonyl (C=O) groups excluding carboxylic acids is 1. The number of hydrogen-bond acceptors (Lipinski definition) is 3. The van der Waals surface area contributed by atoms with Gasteiger partial charge in [0.05, 0.1) is 7.11 Å². The summed E-state index contributed by atoms with van der Waals surface area (Å²) in [4.78, 5) is 10.7. The Morgan fingerprint density at radius 2 is 2.20 bits per heavy atom. The van der Waals surface area contributed by atoms with E-state index in [2.05, 4.69) is 0 Å². The van der Waals surface area contributed by atoms with E-state index in [-0.39, 0.29) is 11.7 Å². The monoisotopic (exact) mass is 160 g/mol. The Hall–Kier alpha value is -0.440. The van der Waals surface area contributed by atoms with E-state index < -0.39 is 0 Å². The highest BCUT2D eigenvalue weighted by molar-refractivity contribution is 7.80. The molecule has 0 rings (SSSR count). The van der Waals surface area contributed by atoms with E-state index in [0.29, 0.717) is 11.5 Å². The van der Waals surface area contributed by atoms with Crippen LogP contribution in [0.1, 0.15) is 20.3 Å². The smallest absolute Gasteiger partial charge is 0.159 e. The Balaban J connectivity index is 3.68. The fourth-order valence-corrected chi connectivity index (χ4v) is 0.727. The van der Waals surface area contributed by atoms with Crippen molar-refractivity contribution in [2.24, 2.45) is 5.92 Å². The Morgan fingerprint density at radius 3 is 2.50 bits per heavy atom. The second-order valence-corrected chi connectivity index (χ2v) is 2.75. The summed E-state index contributed by atoms with van der Waals surface area (Å²) in [7, 11) is 1.52. The average Bonchev–Trinajstić information content (AvgIpc) is 1.87. The highest BCUT2D eigenvalue weighted by atomic mass is 32.1. The lowest BCUT2D eigenvalue weighted by molar-refractivity contribution is -0.120. The van der Waals surface area contributed by atoms with Crippen LogP contribution in [0.2, 0.25) is 0 Å². The molecule has 0 saturated heterocycles. The Labute approximate surface area is 66.6 Å². The molecule has 0 saturated carbocycles. The molecule has 0 radical (unpaired) electrons. The molecule has 0 amide bonds. The third-order valence-electron chi connectivity index (χ3n) is 1.39. The van der Waals surface area contributed by atoms with E-state index in [9.17, 15) is 4.79 Å². The predicted octanol–water partition coefficient (Wildman–Crippen LogP) is 1.58. The van der Waals surface area contributed by atoms with E-state index in [1.54, 1.807) is 6.92 Å². The molecule has 0 aromatic rings. The molecular weight excluding hydrogens is 148 g/mol. The van der Waals surface area contributed by atoms with Gasteiger partial charge in [-0.05, 0) is 19.1 Å². The van der Waals surface area contributed by atoms with Gasteiger partial charge in [0, 0.05) is 12.3 Å². The summed E-state index contributed by atoms with van der Waals surface area (Å²) in [5, 5.41) is 0.503. The topological polar surface area (TPSA) is 26.3 Å². The lowest BCUT2D eigenvalue weighted by Gasteiger charge is -2.06. The molecule has 2 nitrogen and oxygen atoms in total. The lowest BCUT2D eigenvalue weighted by atomic mass is 10.1. The minimum atomic E-state index is -0.00699. The van der Waals surface area contributed by atoms with Gasteiger partial charge in [0.15, 0.2) is 5.05 Å². The number of carbonyl (C=O) groups is 1. The van der Waals surface area contributed by atoms with Crippen LogP contribution >= 0.6 is 12.2 Å². The van der Waals surface area contributed by atoms with E-state index in [0.717, 1.165) is 0 Å². The first kappa shape index (κ1) is 9.56. The minimum absolute atomic E-state index is 0.00699. The van der Waals surface area contributed by atoms with Crippen molar-refractivity contribution in [2.75, 3.05) is 7.11 Å². The van der Waals surface area contributed by atoms with Gasteiger partial charge in [-0.1, -0.05) is 6.92 Å². The molecule has 0 unspecified atom stereocenters. The largest absolute Gasteiger partial charge is 0.490 e. The molecule has 58 valence electrons. The summed E-state index contributed by atoms with van der Waals surface area (Å²) in [6.07, 6.45) is 0.557. The quantitative estimate of drug-likeness (QED) is 0.586. The van der Waals surface area contributed by atoms with Crippen LogP contribution in [0.4, 0.5) is 0 Å². The van der Waals surface area contributed by atoms with Crippen molar-refractivity contribution >= 4 is 23.1 Å². The van der Waals surface area contributed by atoms with Crippen LogP contribution in [0.5, 0.6) is 0 Å². The molecule has 0 aromatic carbocycles. The van der Waals surface area contributed by atoms with Crippen LogP contribution < -0.4 is 0 Å². The van der Waals surface area contributed by atoms with Crippen LogP contribution in [0.15, 0.2) is 0 Å². The lowest BCUT2D eigenvalue weighted by Crippen LogP contribution is -2.11. The summed E-state index contributed by atoms with van der Waals surface area (Å²) < 4.78 is 4.75. The van der Waals surface area contributed by atoms with Crippen LogP contribution in [0.3, 0.4) is 0 Å². The summed E-state index contributed by atoms with van der Waals surface area (Å²) in [5.74, 6) is 0.145. The molecule has 0 fully saturated rings. The van der Waals surface area contributed by atoms with E-state index in [4.69, 9.17) is 17.0 Å². The summed E-state index contributed by atoms with van der Waals surface area (Å²) in [6, 6.07) is 0. The number of Topliss-reactive ketones (excluding diaryl/α,β-unsaturated/α-hetero) is 1. The van der Waals surface area contributed by atoms with Gasteiger partial charge >= 0.3 is 0 Å². The highest BCUT2D eigenvalue weighted by Crippen LogP contribution is 2.04. The van der Waals surface area contributed by atoms with Gasteiger partial charge in [0.2, 0.25) is 0 Å². The van der Waals surface area contributed by atoms with Crippen LogP contribution in [-0.2, 0) is 9.53 Å². The number of ether oxygens (including phenoxy) is 1. The average molecular weight is 160 g/mol. The number of thiocarbonyl (C=S) groups is 1. The van der Waals surface area contributed by atoms with Crippen molar-refractivity contribution < 1.29 is 9.53 Å². The summed E-state index contributed by atoms with van der Waals surface area (Å²) >= 11 is 4.78. The molecule has 0 heterocycles. The Kier molecular flexibility index (Phi) is 4.19. The van der Waals surface area contributed by atoms with Crippen LogP contribution in [-0.4, -0.2) is 17.9 Å². The van der Waals surface area contributed by atoms with Gasteiger partial charge in [-0.2, -0.15) is 0 Å². The number of rotatable bonds is 3. The second-order valence-electron chi connectivity index (χ2n) is 2.29. The molecule has 0 aliphatic rings.